The highest BCUT2D eigenvalue weighted by molar-refractivity contribution is 9.10. The first-order valence-corrected chi connectivity index (χ1v) is 7.95. The molecule has 0 aliphatic heterocycles. The second-order valence-corrected chi connectivity index (χ2v) is 6.84. The molecule has 0 aliphatic carbocycles. The quantitative estimate of drug-likeness (QED) is 0.370. The number of rotatable bonds is 2. The van der Waals surface area contributed by atoms with Gasteiger partial charge in [-0.25, -0.2) is 8.78 Å². The summed E-state index contributed by atoms with van der Waals surface area (Å²) in [7, 11) is 0. The van der Waals surface area contributed by atoms with Gasteiger partial charge in [-0.2, -0.15) is 0 Å². The van der Waals surface area contributed by atoms with Gasteiger partial charge < -0.3 is 0 Å². The third-order valence-electron chi connectivity index (χ3n) is 2.83. The molecule has 0 saturated carbocycles. The predicted molar refractivity (Wildman–Crippen MR) is 83.7 cm³/mol. The molecule has 0 heterocycles. The van der Waals surface area contributed by atoms with Crippen LogP contribution in [0.25, 0.3) is 0 Å². The summed E-state index contributed by atoms with van der Waals surface area (Å²) in [4.78, 5) is -0.396. The lowest BCUT2D eigenvalue weighted by Crippen LogP contribution is -2.00. The number of aryl methyl sites for hydroxylation is 1. The second kappa shape index (κ2) is 6.02. The fourth-order valence-electron chi connectivity index (χ4n) is 1.78. The molecule has 1 atom stereocenters. The summed E-state index contributed by atoms with van der Waals surface area (Å²) in [5.74, 6) is -0.928. The Kier molecular flexibility index (Phi) is 4.79. The largest absolute Gasteiger partial charge is 0.207 e. The van der Waals surface area contributed by atoms with E-state index in [0.717, 1.165) is 21.7 Å². The van der Waals surface area contributed by atoms with Gasteiger partial charge in [0.1, 0.15) is 11.6 Å². The number of hydrogen-bond donors (Lipinski definition) is 0. The fraction of sp³-hybridized carbons (Fsp3) is 0.143. The average Bonchev–Trinajstić information content (AvgIpc) is 2.36. The van der Waals surface area contributed by atoms with Crippen LogP contribution in [0.2, 0.25) is 0 Å². The molecule has 0 aliphatic rings. The van der Waals surface area contributed by atoms with E-state index in [2.05, 4.69) is 47.8 Å². The van der Waals surface area contributed by atoms with Crippen LogP contribution in [0, 0.1) is 18.6 Å². The van der Waals surface area contributed by atoms with E-state index in [0.29, 0.717) is 0 Å². The number of hydrogen-bond acceptors (Lipinski definition) is 0. The minimum absolute atomic E-state index is 0.124. The van der Waals surface area contributed by atoms with Crippen LogP contribution in [0.4, 0.5) is 8.78 Å². The van der Waals surface area contributed by atoms with E-state index in [-0.39, 0.29) is 10.0 Å². The molecule has 0 spiro atoms. The first-order valence-electron chi connectivity index (χ1n) is 5.44. The average molecular weight is 455 g/mol. The highest BCUT2D eigenvalue weighted by Gasteiger charge is 2.19. The van der Waals surface area contributed by atoms with Gasteiger partial charge in [-0.05, 0) is 58.2 Å². The Hall–Kier alpha value is -0.260. The van der Waals surface area contributed by atoms with Crippen molar-refractivity contribution in [1.29, 1.82) is 0 Å². The van der Waals surface area contributed by atoms with Crippen LogP contribution in [0.3, 0.4) is 0 Å². The van der Waals surface area contributed by atoms with E-state index in [1.165, 1.54) is 6.07 Å². The molecule has 1 unspecified atom stereocenters. The molecule has 100 valence electrons. The van der Waals surface area contributed by atoms with Crippen LogP contribution >= 0.6 is 47.8 Å². The van der Waals surface area contributed by atoms with Gasteiger partial charge in [-0.15, -0.1) is 0 Å². The molecule has 2 aromatic rings. The Morgan fingerprint density at radius 3 is 2.32 bits per heavy atom. The van der Waals surface area contributed by atoms with Crippen molar-refractivity contribution in [3.8, 4) is 0 Å². The zero-order valence-corrected chi connectivity index (χ0v) is 14.6. The summed E-state index contributed by atoms with van der Waals surface area (Å²) in [5.41, 5.74) is 2.18. The van der Waals surface area contributed by atoms with E-state index >= 15 is 0 Å². The summed E-state index contributed by atoms with van der Waals surface area (Å²) in [6, 6.07) is 8.09. The first kappa shape index (κ1) is 15.1. The fourth-order valence-corrected chi connectivity index (χ4v) is 3.32. The lowest BCUT2D eigenvalue weighted by molar-refractivity contribution is 0.583. The lowest BCUT2D eigenvalue weighted by Gasteiger charge is -2.15. The molecule has 0 fully saturated rings. The van der Waals surface area contributed by atoms with E-state index in [1.807, 2.05) is 25.1 Å². The van der Waals surface area contributed by atoms with Gasteiger partial charge in [0.15, 0.2) is 0 Å². The van der Waals surface area contributed by atoms with Crippen molar-refractivity contribution in [3.63, 3.8) is 0 Å². The lowest BCUT2D eigenvalue weighted by atomic mass is 10.00. The minimum atomic E-state index is -0.478. The van der Waals surface area contributed by atoms with Crippen LogP contribution in [0.15, 0.2) is 39.3 Å². The smallest absolute Gasteiger partial charge is 0.137 e. The van der Waals surface area contributed by atoms with Crippen molar-refractivity contribution in [1.82, 2.24) is 0 Å². The number of benzene rings is 2. The Bertz CT molecular complexity index is 626. The summed E-state index contributed by atoms with van der Waals surface area (Å²) in [5, 5.41) is 0. The SMILES string of the molecule is Cc1ccc(Br)cc1C(Br)c1cc(F)c(Br)cc1F. The first-order chi connectivity index (χ1) is 8.90. The van der Waals surface area contributed by atoms with Crippen LogP contribution in [0.5, 0.6) is 0 Å². The summed E-state index contributed by atoms with van der Waals surface area (Å²) < 4.78 is 28.6. The molecule has 0 radical (unpaired) electrons. The third-order valence-corrected chi connectivity index (χ3v) is 4.91. The highest BCUT2D eigenvalue weighted by Crippen LogP contribution is 2.37. The van der Waals surface area contributed by atoms with Gasteiger partial charge in [0.2, 0.25) is 0 Å². The molecule has 0 saturated heterocycles. The Morgan fingerprint density at radius 1 is 0.947 bits per heavy atom. The maximum absolute atomic E-state index is 14.0. The maximum atomic E-state index is 14.0. The highest BCUT2D eigenvalue weighted by atomic mass is 79.9. The van der Waals surface area contributed by atoms with Crippen molar-refractivity contribution in [3.05, 3.63) is 67.6 Å². The van der Waals surface area contributed by atoms with Gasteiger partial charge in [0.05, 0.1) is 9.30 Å². The van der Waals surface area contributed by atoms with E-state index in [1.54, 1.807) is 0 Å². The van der Waals surface area contributed by atoms with Crippen molar-refractivity contribution >= 4 is 47.8 Å². The summed E-state index contributed by atoms with van der Waals surface area (Å²) >= 11 is 9.81. The van der Waals surface area contributed by atoms with Crippen molar-refractivity contribution in [2.24, 2.45) is 0 Å². The summed E-state index contributed by atoms with van der Waals surface area (Å²) in [6.45, 7) is 1.93. The van der Waals surface area contributed by atoms with E-state index in [9.17, 15) is 8.78 Å². The van der Waals surface area contributed by atoms with Crippen LogP contribution in [-0.4, -0.2) is 0 Å². The molecule has 0 bridgehead atoms. The van der Waals surface area contributed by atoms with E-state index in [4.69, 9.17) is 0 Å². The Balaban J connectivity index is 2.52. The predicted octanol–water partition coefficient (Wildman–Crippen LogP) is 6.28. The van der Waals surface area contributed by atoms with Crippen LogP contribution in [-0.2, 0) is 0 Å². The zero-order valence-electron chi connectivity index (χ0n) is 9.85. The molecule has 19 heavy (non-hydrogen) atoms. The van der Waals surface area contributed by atoms with Crippen LogP contribution < -0.4 is 0 Å². The van der Waals surface area contributed by atoms with Crippen molar-refractivity contribution in [2.45, 2.75) is 11.8 Å². The standard InChI is InChI=1S/C14H9Br3F2/c1-7-2-3-8(15)4-9(7)14(17)10-5-13(19)11(16)6-12(10)18/h2-6,14H,1H3. The molecular formula is C14H9Br3F2. The number of alkyl halides is 1. The Labute approximate surface area is 135 Å². The van der Waals surface area contributed by atoms with Crippen molar-refractivity contribution < 1.29 is 8.78 Å². The third kappa shape index (κ3) is 3.26. The minimum Gasteiger partial charge on any atom is -0.207 e. The normalized spacial score (nSPS) is 12.5. The van der Waals surface area contributed by atoms with E-state index < -0.39 is 16.5 Å². The zero-order chi connectivity index (χ0) is 14.2. The van der Waals surface area contributed by atoms with Crippen LogP contribution in [0.1, 0.15) is 21.5 Å². The molecule has 2 rings (SSSR count). The van der Waals surface area contributed by atoms with Gasteiger partial charge in [0, 0.05) is 10.0 Å². The van der Waals surface area contributed by atoms with Gasteiger partial charge in [0.25, 0.3) is 0 Å². The molecule has 0 N–H and O–H groups in total. The molecule has 0 amide bonds. The molecule has 0 aromatic heterocycles. The topological polar surface area (TPSA) is 0 Å². The molecule has 2 aromatic carbocycles. The summed E-state index contributed by atoms with van der Waals surface area (Å²) in [6.07, 6.45) is 0. The number of halogens is 5. The van der Waals surface area contributed by atoms with Gasteiger partial charge in [-0.1, -0.05) is 37.9 Å². The van der Waals surface area contributed by atoms with Gasteiger partial charge in [-0.3, -0.25) is 0 Å². The maximum Gasteiger partial charge on any atom is 0.137 e. The van der Waals surface area contributed by atoms with Gasteiger partial charge >= 0.3 is 0 Å². The second-order valence-electron chi connectivity index (χ2n) is 4.15. The molecular weight excluding hydrogens is 446 g/mol. The van der Waals surface area contributed by atoms with Crippen molar-refractivity contribution in [2.75, 3.05) is 0 Å². The Morgan fingerprint density at radius 2 is 1.63 bits per heavy atom. The monoisotopic (exact) mass is 452 g/mol. The molecule has 5 heteroatoms. The molecule has 0 nitrogen and oxygen atoms in total.